The molecule has 8 heteroatoms. The first-order valence-electron chi connectivity index (χ1n) is 6.06. The van der Waals surface area contributed by atoms with E-state index in [2.05, 4.69) is 15.0 Å². The molecule has 1 aliphatic rings. The molecule has 3 rings (SSSR count). The number of hydrogen-bond acceptors (Lipinski definition) is 7. The van der Waals surface area contributed by atoms with Crippen molar-refractivity contribution < 1.29 is 14.9 Å². The van der Waals surface area contributed by atoms with Gasteiger partial charge in [-0.1, -0.05) is 0 Å². The predicted molar refractivity (Wildman–Crippen MR) is 66.2 cm³/mol. The molecule has 0 saturated carbocycles. The van der Waals surface area contributed by atoms with Crippen molar-refractivity contribution in [3.05, 3.63) is 12.7 Å². The molecule has 19 heavy (non-hydrogen) atoms. The number of fused-ring (bicyclic) bond motifs is 1. The molecule has 1 aliphatic heterocycles. The van der Waals surface area contributed by atoms with Crippen molar-refractivity contribution in [1.82, 2.24) is 19.5 Å². The normalized spacial score (nSPS) is 27.2. The maximum atomic E-state index is 10.2. The minimum absolute atomic E-state index is 0.0196. The first-order chi connectivity index (χ1) is 9.22. The van der Waals surface area contributed by atoms with Gasteiger partial charge in [0.25, 0.3) is 0 Å². The Morgan fingerprint density at radius 1 is 1.42 bits per heavy atom. The van der Waals surface area contributed by atoms with E-state index in [1.807, 2.05) is 0 Å². The number of aliphatic hydroxyl groups is 2. The maximum Gasteiger partial charge on any atom is 0.165 e. The lowest BCUT2D eigenvalue weighted by Gasteiger charge is -2.17. The van der Waals surface area contributed by atoms with Crippen LogP contribution in [0, 0.1) is 0 Å². The number of anilines is 1. The molecule has 3 atom stereocenters. The smallest absolute Gasteiger partial charge is 0.165 e. The van der Waals surface area contributed by atoms with Crippen LogP contribution in [0.2, 0.25) is 0 Å². The molecule has 2 aromatic heterocycles. The Morgan fingerprint density at radius 3 is 3.05 bits per heavy atom. The van der Waals surface area contributed by atoms with Gasteiger partial charge in [0, 0.05) is 6.61 Å². The standard InChI is InChI=1S/C11H15N5O3/c12-10-8-11(14-4-13-10)16(5-15-8)6-3-19-7(1-2-17)9(6)18/h4-7,9,17-18H,1-3H2,(H2,12,13,14). The Balaban J connectivity index is 1.95. The Kier molecular flexibility index (Phi) is 3.05. The summed E-state index contributed by atoms with van der Waals surface area (Å²) in [6, 6.07) is -0.282. The highest BCUT2D eigenvalue weighted by atomic mass is 16.5. The lowest BCUT2D eigenvalue weighted by Crippen LogP contribution is -2.29. The van der Waals surface area contributed by atoms with E-state index in [1.54, 1.807) is 10.9 Å². The number of nitrogen functional groups attached to an aromatic ring is 1. The minimum atomic E-state index is -0.708. The van der Waals surface area contributed by atoms with Crippen LogP contribution < -0.4 is 5.73 Å². The number of rotatable bonds is 3. The highest BCUT2D eigenvalue weighted by Gasteiger charge is 2.37. The molecule has 8 nitrogen and oxygen atoms in total. The summed E-state index contributed by atoms with van der Waals surface area (Å²) >= 11 is 0. The molecule has 2 aromatic rings. The Morgan fingerprint density at radius 2 is 2.26 bits per heavy atom. The fourth-order valence-corrected chi connectivity index (χ4v) is 2.41. The monoisotopic (exact) mass is 265 g/mol. The van der Waals surface area contributed by atoms with Gasteiger partial charge < -0.3 is 25.3 Å². The molecule has 0 aliphatic carbocycles. The van der Waals surface area contributed by atoms with Crippen molar-refractivity contribution in [2.24, 2.45) is 0 Å². The van der Waals surface area contributed by atoms with Crippen molar-refractivity contribution in [3.8, 4) is 0 Å². The number of imidazole rings is 1. The molecule has 102 valence electrons. The van der Waals surface area contributed by atoms with E-state index in [0.29, 0.717) is 30.0 Å². The van der Waals surface area contributed by atoms with Gasteiger partial charge in [-0.15, -0.1) is 0 Å². The molecule has 0 aromatic carbocycles. The zero-order valence-electron chi connectivity index (χ0n) is 10.2. The molecule has 0 spiro atoms. The quantitative estimate of drug-likeness (QED) is 0.657. The van der Waals surface area contributed by atoms with Gasteiger partial charge >= 0.3 is 0 Å². The van der Waals surface area contributed by atoms with Crippen LogP contribution >= 0.6 is 0 Å². The van der Waals surface area contributed by atoms with Crippen molar-refractivity contribution in [2.75, 3.05) is 18.9 Å². The first-order valence-corrected chi connectivity index (χ1v) is 6.06. The van der Waals surface area contributed by atoms with Gasteiger partial charge in [0.2, 0.25) is 0 Å². The predicted octanol–water partition coefficient (Wildman–Crippen LogP) is -0.908. The van der Waals surface area contributed by atoms with Crippen molar-refractivity contribution in [3.63, 3.8) is 0 Å². The number of aromatic nitrogens is 4. The topological polar surface area (TPSA) is 119 Å². The number of ether oxygens (including phenoxy) is 1. The van der Waals surface area contributed by atoms with Gasteiger partial charge in [0.05, 0.1) is 25.1 Å². The van der Waals surface area contributed by atoms with Gasteiger partial charge in [-0.25, -0.2) is 15.0 Å². The zero-order chi connectivity index (χ0) is 13.4. The lowest BCUT2D eigenvalue weighted by molar-refractivity contribution is 0.0233. The summed E-state index contributed by atoms with van der Waals surface area (Å²) < 4.78 is 7.23. The average Bonchev–Trinajstić information content (AvgIpc) is 2.96. The minimum Gasteiger partial charge on any atom is -0.396 e. The number of aliphatic hydroxyl groups excluding tert-OH is 2. The third-order valence-electron chi connectivity index (χ3n) is 3.41. The lowest BCUT2D eigenvalue weighted by atomic mass is 10.1. The third-order valence-corrected chi connectivity index (χ3v) is 3.41. The van der Waals surface area contributed by atoms with Crippen LogP contribution in [0.5, 0.6) is 0 Å². The maximum absolute atomic E-state index is 10.2. The molecule has 1 fully saturated rings. The van der Waals surface area contributed by atoms with Crippen molar-refractivity contribution >= 4 is 17.0 Å². The molecular formula is C11H15N5O3. The summed E-state index contributed by atoms with van der Waals surface area (Å²) in [6.07, 6.45) is 2.27. The van der Waals surface area contributed by atoms with Crippen LogP contribution in [0.25, 0.3) is 11.2 Å². The molecule has 1 saturated heterocycles. The Bertz CT molecular complexity index is 587. The van der Waals surface area contributed by atoms with Crippen LogP contribution in [0.1, 0.15) is 12.5 Å². The fraction of sp³-hybridized carbons (Fsp3) is 0.545. The summed E-state index contributed by atoms with van der Waals surface area (Å²) in [5.41, 5.74) is 6.81. The summed E-state index contributed by atoms with van der Waals surface area (Å²) in [5.74, 6) is 0.309. The van der Waals surface area contributed by atoms with Crippen molar-refractivity contribution in [2.45, 2.75) is 24.7 Å². The molecule has 3 heterocycles. The second-order valence-electron chi connectivity index (χ2n) is 4.52. The highest BCUT2D eigenvalue weighted by molar-refractivity contribution is 5.81. The zero-order valence-corrected chi connectivity index (χ0v) is 10.2. The molecule has 0 radical (unpaired) electrons. The van der Waals surface area contributed by atoms with Gasteiger partial charge in [-0.3, -0.25) is 0 Å². The summed E-state index contributed by atoms with van der Waals surface area (Å²) in [7, 11) is 0. The van der Waals surface area contributed by atoms with Crippen LogP contribution in [0.3, 0.4) is 0 Å². The molecule has 3 unspecified atom stereocenters. The van der Waals surface area contributed by atoms with E-state index >= 15 is 0 Å². The Labute approximate surface area is 108 Å². The summed E-state index contributed by atoms with van der Waals surface area (Å²) in [4.78, 5) is 12.2. The number of hydrogen-bond donors (Lipinski definition) is 3. The summed E-state index contributed by atoms with van der Waals surface area (Å²) in [5, 5.41) is 19.1. The van der Waals surface area contributed by atoms with E-state index in [9.17, 15) is 5.11 Å². The average molecular weight is 265 g/mol. The van der Waals surface area contributed by atoms with Gasteiger partial charge in [0.1, 0.15) is 17.9 Å². The van der Waals surface area contributed by atoms with E-state index in [0.717, 1.165) is 0 Å². The highest BCUT2D eigenvalue weighted by Crippen LogP contribution is 2.29. The van der Waals surface area contributed by atoms with Crippen LogP contribution in [0.4, 0.5) is 5.82 Å². The largest absolute Gasteiger partial charge is 0.396 e. The molecular weight excluding hydrogens is 250 g/mol. The van der Waals surface area contributed by atoms with E-state index in [1.165, 1.54) is 6.33 Å². The first kappa shape index (κ1) is 12.3. The van der Waals surface area contributed by atoms with Gasteiger partial charge in [-0.05, 0) is 6.42 Å². The molecule has 4 N–H and O–H groups in total. The van der Waals surface area contributed by atoms with Gasteiger partial charge in [0.15, 0.2) is 11.5 Å². The van der Waals surface area contributed by atoms with Crippen molar-refractivity contribution in [1.29, 1.82) is 0 Å². The third kappa shape index (κ3) is 1.93. The molecule has 0 bridgehead atoms. The second-order valence-corrected chi connectivity index (χ2v) is 4.52. The van der Waals surface area contributed by atoms with Crippen LogP contribution in [-0.2, 0) is 4.74 Å². The van der Waals surface area contributed by atoms with E-state index in [4.69, 9.17) is 15.6 Å². The van der Waals surface area contributed by atoms with Crippen LogP contribution in [0.15, 0.2) is 12.7 Å². The van der Waals surface area contributed by atoms with E-state index in [-0.39, 0.29) is 18.8 Å². The SMILES string of the molecule is Nc1ncnc2c1ncn2C1COC(CCO)C1O. The summed E-state index contributed by atoms with van der Waals surface area (Å²) in [6.45, 7) is 0.329. The Hall–Kier alpha value is -1.77. The second kappa shape index (κ2) is 4.72. The number of nitrogens with zero attached hydrogens (tertiary/aromatic N) is 4. The van der Waals surface area contributed by atoms with Crippen LogP contribution in [-0.4, -0.2) is 55.2 Å². The molecule has 0 amide bonds. The fourth-order valence-electron chi connectivity index (χ4n) is 2.41. The van der Waals surface area contributed by atoms with Gasteiger partial charge in [-0.2, -0.15) is 0 Å². The number of nitrogens with two attached hydrogens (primary N) is 1. The van der Waals surface area contributed by atoms with E-state index < -0.39 is 6.10 Å².